The molecule has 0 aliphatic carbocycles. The van der Waals surface area contributed by atoms with Crippen molar-refractivity contribution >= 4 is 33.0 Å². The van der Waals surface area contributed by atoms with Gasteiger partial charge in [0.05, 0.1) is 9.23 Å². The normalized spacial score (nSPS) is 11.9. The summed E-state index contributed by atoms with van der Waals surface area (Å²) in [6.45, 7) is 1.62. The van der Waals surface area contributed by atoms with Crippen molar-refractivity contribution < 1.29 is 8.42 Å². The van der Waals surface area contributed by atoms with E-state index in [0.717, 1.165) is 11.3 Å². The molecule has 62 valence electrons. The SMILES string of the molecule is Cc1c(S(N)(=O)=O)csc1Cl. The first kappa shape index (κ1) is 8.99. The highest BCUT2D eigenvalue weighted by atomic mass is 35.5. The maximum atomic E-state index is 10.8. The molecular weight excluding hydrogens is 206 g/mol. The van der Waals surface area contributed by atoms with Crippen LogP contribution in [-0.4, -0.2) is 8.42 Å². The van der Waals surface area contributed by atoms with Crippen molar-refractivity contribution in [2.75, 3.05) is 0 Å². The average molecular weight is 212 g/mol. The van der Waals surface area contributed by atoms with Gasteiger partial charge in [0.2, 0.25) is 10.0 Å². The van der Waals surface area contributed by atoms with Crippen molar-refractivity contribution in [3.63, 3.8) is 0 Å². The Kier molecular flexibility index (Phi) is 2.24. The summed E-state index contributed by atoms with van der Waals surface area (Å²) >= 11 is 6.80. The Morgan fingerprint density at radius 1 is 1.64 bits per heavy atom. The fourth-order valence-corrected chi connectivity index (χ4v) is 2.90. The Labute approximate surface area is 73.8 Å². The first-order chi connectivity index (χ1) is 4.93. The molecule has 0 aliphatic rings. The molecule has 1 rings (SSSR count). The number of hydrogen-bond acceptors (Lipinski definition) is 3. The third-order valence-electron chi connectivity index (χ3n) is 1.24. The monoisotopic (exact) mass is 211 g/mol. The molecule has 0 atom stereocenters. The fraction of sp³-hybridized carbons (Fsp3) is 0.200. The molecule has 0 fully saturated rings. The third kappa shape index (κ3) is 1.73. The van der Waals surface area contributed by atoms with Gasteiger partial charge < -0.3 is 0 Å². The van der Waals surface area contributed by atoms with E-state index >= 15 is 0 Å². The van der Waals surface area contributed by atoms with E-state index in [1.165, 1.54) is 5.38 Å². The Hall–Kier alpha value is -0.100. The lowest BCUT2D eigenvalue weighted by atomic mass is 10.4. The second-order valence-corrected chi connectivity index (χ2v) is 5.06. The number of rotatable bonds is 1. The van der Waals surface area contributed by atoms with E-state index in [1.54, 1.807) is 6.92 Å². The van der Waals surface area contributed by atoms with Crippen molar-refractivity contribution in [2.24, 2.45) is 5.14 Å². The molecule has 1 aromatic rings. The summed E-state index contributed by atoms with van der Waals surface area (Å²) < 4.78 is 22.1. The molecule has 0 amide bonds. The van der Waals surface area contributed by atoms with E-state index in [4.69, 9.17) is 16.7 Å². The number of nitrogens with two attached hydrogens (primary N) is 1. The Balaban J connectivity index is 3.38. The zero-order valence-electron chi connectivity index (χ0n) is 5.67. The van der Waals surface area contributed by atoms with E-state index in [0.29, 0.717) is 9.90 Å². The molecule has 2 N–H and O–H groups in total. The van der Waals surface area contributed by atoms with Crippen LogP contribution in [0.1, 0.15) is 5.56 Å². The van der Waals surface area contributed by atoms with Crippen LogP contribution >= 0.6 is 22.9 Å². The number of sulfonamides is 1. The second-order valence-electron chi connectivity index (χ2n) is 2.04. The molecule has 0 unspecified atom stereocenters. The van der Waals surface area contributed by atoms with Crippen LogP contribution in [-0.2, 0) is 10.0 Å². The Bertz CT molecular complexity index is 368. The number of halogens is 1. The first-order valence-electron chi connectivity index (χ1n) is 2.69. The van der Waals surface area contributed by atoms with Crippen LogP contribution < -0.4 is 5.14 Å². The molecule has 0 radical (unpaired) electrons. The minimum Gasteiger partial charge on any atom is -0.225 e. The highest BCUT2D eigenvalue weighted by Crippen LogP contribution is 2.28. The lowest BCUT2D eigenvalue weighted by Gasteiger charge is -1.93. The van der Waals surface area contributed by atoms with Gasteiger partial charge in [0.15, 0.2) is 0 Å². The van der Waals surface area contributed by atoms with Gasteiger partial charge in [-0.15, -0.1) is 11.3 Å². The lowest BCUT2D eigenvalue weighted by Crippen LogP contribution is -2.12. The van der Waals surface area contributed by atoms with E-state index < -0.39 is 10.0 Å². The standard InChI is InChI=1S/C5H6ClNO2S2/c1-3-4(11(7,8)9)2-10-5(3)6/h2H,1H3,(H2,7,8,9). The highest BCUT2D eigenvalue weighted by Gasteiger charge is 2.14. The Morgan fingerprint density at radius 3 is 2.36 bits per heavy atom. The minimum absolute atomic E-state index is 0.118. The van der Waals surface area contributed by atoms with Crippen LogP contribution in [0.4, 0.5) is 0 Å². The van der Waals surface area contributed by atoms with Crippen molar-refractivity contribution in [1.29, 1.82) is 0 Å². The summed E-state index contributed by atoms with van der Waals surface area (Å²) in [4.78, 5) is 0.118. The van der Waals surface area contributed by atoms with Crippen LogP contribution in [0.5, 0.6) is 0 Å². The van der Waals surface area contributed by atoms with Gasteiger partial charge in [-0.05, 0) is 12.5 Å². The van der Waals surface area contributed by atoms with Crippen LogP contribution in [0.25, 0.3) is 0 Å². The molecule has 0 aliphatic heterocycles. The molecule has 0 spiro atoms. The van der Waals surface area contributed by atoms with Gasteiger partial charge in [-0.1, -0.05) is 11.6 Å². The largest absolute Gasteiger partial charge is 0.239 e. The van der Waals surface area contributed by atoms with E-state index in [2.05, 4.69) is 0 Å². The van der Waals surface area contributed by atoms with Gasteiger partial charge in [0, 0.05) is 5.38 Å². The van der Waals surface area contributed by atoms with Crippen molar-refractivity contribution in [3.8, 4) is 0 Å². The van der Waals surface area contributed by atoms with Crippen molar-refractivity contribution in [2.45, 2.75) is 11.8 Å². The van der Waals surface area contributed by atoms with Crippen LogP contribution in [0.15, 0.2) is 10.3 Å². The first-order valence-corrected chi connectivity index (χ1v) is 5.49. The smallest absolute Gasteiger partial charge is 0.225 e. The zero-order chi connectivity index (χ0) is 8.65. The maximum Gasteiger partial charge on any atom is 0.239 e. The topological polar surface area (TPSA) is 60.2 Å². The molecule has 0 aromatic carbocycles. The quantitative estimate of drug-likeness (QED) is 0.763. The summed E-state index contributed by atoms with van der Waals surface area (Å²) in [6, 6.07) is 0. The van der Waals surface area contributed by atoms with Gasteiger partial charge in [-0.3, -0.25) is 0 Å². The minimum atomic E-state index is -3.59. The van der Waals surface area contributed by atoms with Crippen LogP contribution in [0, 0.1) is 6.92 Å². The van der Waals surface area contributed by atoms with E-state index in [1.807, 2.05) is 0 Å². The summed E-state index contributed by atoms with van der Waals surface area (Å²) in [7, 11) is -3.59. The van der Waals surface area contributed by atoms with E-state index in [9.17, 15) is 8.42 Å². The second kappa shape index (κ2) is 2.75. The van der Waals surface area contributed by atoms with Gasteiger partial charge in [0.1, 0.15) is 0 Å². The predicted molar refractivity (Wildman–Crippen MR) is 45.4 cm³/mol. The van der Waals surface area contributed by atoms with Crippen molar-refractivity contribution in [3.05, 3.63) is 15.3 Å². The van der Waals surface area contributed by atoms with Crippen LogP contribution in [0.3, 0.4) is 0 Å². The van der Waals surface area contributed by atoms with Gasteiger partial charge in [0.25, 0.3) is 0 Å². The van der Waals surface area contributed by atoms with Gasteiger partial charge in [-0.25, -0.2) is 13.6 Å². The average Bonchev–Trinajstić information content (AvgIpc) is 2.11. The molecule has 11 heavy (non-hydrogen) atoms. The summed E-state index contributed by atoms with van der Waals surface area (Å²) in [5.41, 5.74) is 0.527. The van der Waals surface area contributed by atoms with Gasteiger partial charge >= 0.3 is 0 Å². The van der Waals surface area contributed by atoms with Gasteiger partial charge in [-0.2, -0.15) is 0 Å². The van der Waals surface area contributed by atoms with E-state index in [-0.39, 0.29) is 4.90 Å². The lowest BCUT2D eigenvalue weighted by molar-refractivity contribution is 0.597. The molecule has 0 saturated heterocycles. The summed E-state index contributed by atoms with van der Waals surface area (Å²) in [5.74, 6) is 0. The molecule has 0 bridgehead atoms. The zero-order valence-corrected chi connectivity index (χ0v) is 8.05. The number of primary sulfonamides is 1. The highest BCUT2D eigenvalue weighted by molar-refractivity contribution is 7.89. The predicted octanol–water partition coefficient (Wildman–Crippen LogP) is 1.36. The summed E-state index contributed by atoms with van der Waals surface area (Å²) in [5, 5.41) is 6.33. The third-order valence-corrected chi connectivity index (χ3v) is 3.84. The molecule has 3 nitrogen and oxygen atoms in total. The molecule has 0 saturated carbocycles. The molecular formula is C5H6ClNO2S2. The number of hydrogen-bond donors (Lipinski definition) is 1. The Morgan fingerprint density at radius 2 is 2.18 bits per heavy atom. The number of thiophene rings is 1. The van der Waals surface area contributed by atoms with Crippen LogP contribution in [0.2, 0.25) is 4.34 Å². The molecule has 6 heteroatoms. The maximum absolute atomic E-state index is 10.8. The molecule has 1 aromatic heterocycles. The molecule has 1 heterocycles. The summed E-state index contributed by atoms with van der Waals surface area (Å²) in [6.07, 6.45) is 0. The van der Waals surface area contributed by atoms with Crippen molar-refractivity contribution in [1.82, 2.24) is 0 Å². The fourth-order valence-electron chi connectivity index (χ4n) is 0.659.